The Balaban J connectivity index is 0.893. The number of benzene rings is 19. The largest absolute Gasteiger partial charge is 0.457 e. The Kier molecular flexibility index (Phi) is 13.0. The zero-order valence-electron chi connectivity index (χ0n) is 61.3. The maximum absolute atomic E-state index is 7.53. The Morgan fingerprint density at radius 1 is 0.230 bits per heavy atom. The number of fused-ring (bicyclic) bond motifs is 25. The van der Waals surface area contributed by atoms with E-state index < -0.39 is 5.41 Å². The lowest BCUT2D eigenvalue weighted by Gasteiger charge is -2.46. The van der Waals surface area contributed by atoms with Crippen molar-refractivity contribution in [2.24, 2.45) is 0 Å². The molecule has 0 saturated heterocycles. The van der Waals surface area contributed by atoms with Gasteiger partial charge in [0.2, 0.25) is 0 Å². The summed E-state index contributed by atoms with van der Waals surface area (Å²) in [6.45, 7) is -0.366. The van der Waals surface area contributed by atoms with Gasteiger partial charge < -0.3 is 23.7 Å². The number of nitrogens with zero attached hydrogens (tertiary/aromatic N) is 4. The third-order valence-corrected chi connectivity index (χ3v) is 25.2. The molecule has 5 nitrogen and oxygen atoms in total. The number of anilines is 6. The summed E-state index contributed by atoms with van der Waals surface area (Å²) in [5.74, 6) is 1.68. The van der Waals surface area contributed by atoms with Crippen molar-refractivity contribution >= 4 is 144 Å². The van der Waals surface area contributed by atoms with E-state index in [1.54, 1.807) is 0 Å². The smallest absolute Gasteiger partial charge is 0.252 e. The number of rotatable bonds is 7. The molecule has 0 unspecified atom stereocenters. The zero-order valence-corrected chi connectivity index (χ0v) is 61.3. The molecule has 0 saturated carbocycles. The molecule has 19 aromatic carbocycles. The van der Waals surface area contributed by atoms with E-state index in [1.165, 1.54) is 92.5 Å². The van der Waals surface area contributed by atoms with E-state index >= 15 is 0 Å². The summed E-state index contributed by atoms with van der Waals surface area (Å²) in [4.78, 5) is 5.48. The maximum atomic E-state index is 7.53. The molecule has 6 heteroatoms. The molecule has 21 aromatic rings. The summed E-state index contributed by atoms with van der Waals surface area (Å²) in [5.41, 5.74) is 30.3. The van der Waals surface area contributed by atoms with Crippen molar-refractivity contribution in [2.45, 2.75) is 5.41 Å². The van der Waals surface area contributed by atoms with Gasteiger partial charge in [0.15, 0.2) is 0 Å². The van der Waals surface area contributed by atoms with Gasteiger partial charge in [0.05, 0.1) is 38.9 Å². The Labute approximate surface area is 652 Å². The van der Waals surface area contributed by atoms with Gasteiger partial charge in [0, 0.05) is 88.7 Å². The number of para-hydroxylation sites is 5. The summed E-state index contributed by atoms with van der Waals surface area (Å²) >= 11 is 0. The average Bonchev–Trinajstić information content (AvgIpc) is 1.66. The molecule has 522 valence electrons. The molecule has 1 aliphatic carbocycles. The first-order chi connectivity index (χ1) is 56.1. The summed E-state index contributed by atoms with van der Waals surface area (Å²) < 4.78 is 12.6. The fourth-order valence-electron chi connectivity index (χ4n) is 20.8. The minimum atomic E-state index is -0.661. The second-order valence-electron chi connectivity index (χ2n) is 30.8. The fraction of sp³-hybridized carbons (Fsp3) is 0.00935. The summed E-state index contributed by atoms with van der Waals surface area (Å²) in [6.07, 6.45) is 0. The number of hydrogen-bond acceptors (Lipinski definition) is 3. The molecule has 25 rings (SSSR count). The Morgan fingerprint density at radius 2 is 0.602 bits per heavy atom. The van der Waals surface area contributed by atoms with E-state index in [2.05, 4.69) is 413 Å². The van der Waals surface area contributed by atoms with Crippen molar-refractivity contribution < 1.29 is 4.74 Å². The van der Waals surface area contributed by atoms with Crippen LogP contribution in [0, 0.1) is 0 Å². The predicted molar refractivity (Wildman–Crippen MR) is 473 cm³/mol. The van der Waals surface area contributed by atoms with Crippen LogP contribution in [0.1, 0.15) is 22.3 Å². The van der Waals surface area contributed by atoms with E-state index in [0.29, 0.717) is 0 Å². The molecule has 0 N–H and O–H groups in total. The van der Waals surface area contributed by atoms with E-state index in [0.717, 1.165) is 134 Å². The Morgan fingerprint density at radius 3 is 1.08 bits per heavy atom. The molecule has 4 aliphatic rings. The minimum absolute atomic E-state index is 0.366. The van der Waals surface area contributed by atoms with Gasteiger partial charge in [0.1, 0.15) is 11.5 Å². The van der Waals surface area contributed by atoms with E-state index in [9.17, 15) is 0 Å². The van der Waals surface area contributed by atoms with Crippen LogP contribution in [-0.4, -0.2) is 15.8 Å². The van der Waals surface area contributed by atoms with Crippen LogP contribution in [-0.2, 0) is 5.41 Å². The minimum Gasteiger partial charge on any atom is -0.457 e. The molecule has 0 atom stereocenters. The molecule has 0 fully saturated rings. The molecule has 113 heavy (non-hydrogen) atoms. The van der Waals surface area contributed by atoms with Gasteiger partial charge in [-0.15, -0.1) is 0 Å². The molecule has 5 heterocycles. The lowest BCUT2D eigenvalue weighted by Crippen LogP contribution is -2.61. The van der Waals surface area contributed by atoms with Crippen molar-refractivity contribution in [2.75, 3.05) is 9.80 Å². The molecule has 0 bridgehead atoms. The summed E-state index contributed by atoms with van der Waals surface area (Å²) in [5, 5.41) is 14.1. The molecule has 0 radical (unpaired) electrons. The standard InChI is InChI=1S/C107H65BN4O/c1-5-31-66(32-6-1)102-80-47-17-13-39-72(80)74-41-15-19-49-82(74)105(102)111-96-62-84-78-45-23-28-54-92(78)109(70-35-9-3-10-36-70)94(84)64-90(96)108-91-65-95-85(79-46-24-29-55-93(79)110(95)71-37-11-4-12-38-71)63-97(91)112(106-83-50-20-16-42-75(83)73-40-14-18-48-81(73)103(106)67-33-7-2-8-34-67)99-60-69(59-98(111)104(99)108)68-57-58-89-101(61-68)113-100-56-30-27-53-88(100)107(89)86-51-25-21-43-76(86)77-44-22-26-52-87(77)107/h1-65H. The molecule has 1 spiro atoms. The van der Waals surface area contributed by atoms with Crippen LogP contribution >= 0.6 is 0 Å². The van der Waals surface area contributed by atoms with Crippen molar-refractivity contribution in [1.82, 2.24) is 9.13 Å². The Bertz CT molecular complexity index is 7270. The SMILES string of the molecule is c1ccc(-c2c(N3c4cc5c6ccccc6n(-c6ccccc6)c5cc4B4c5cc6c(cc5N(c5c(-c7ccccc7)c7ccccc7c7ccccc57)c5cc(-c7ccc8c(c7)Oc7ccccc7C87c8ccccc8-c8ccccc87)cc3c54)c3ccccc3n6-c3ccccc3)c3ccccc3c3ccccc23)cc1. The van der Waals surface area contributed by atoms with E-state index in [4.69, 9.17) is 4.74 Å². The third-order valence-electron chi connectivity index (χ3n) is 25.2. The molecular weight excluding hydrogens is 1370 g/mol. The highest BCUT2D eigenvalue weighted by Gasteiger charge is 2.52. The van der Waals surface area contributed by atoms with Gasteiger partial charge in [-0.2, -0.15) is 0 Å². The second-order valence-corrected chi connectivity index (χ2v) is 30.8. The molecule has 3 aliphatic heterocycles. The quantitative estimate of drug-likeness (QED) is 0.117. The highest BCUT2D eigenvalue weighted by molar-refractivity contribution is 7.00. The maximum Gasteiger partial charge on any atom is 0.252 e. The lowest BCUT2D eigenvalue weighted by atomic mass is 9.33. The van der Waals surface area contributed by atoms with Crippen LogP contribution in [0.25, 0.3) is 143 Å². The topological polar surface area (TPSA) is 25.6 Å². The highest BCUT2D eigenvalue weighted by Crippen LogP contribution is 2.64. The first-order valence-electron chi connectivity index (χ1n) is 39.2. The fourth-order valence-corrected chi connectivity index (χ4v) is 20.8. The van der Waals surface area contributed by atoms with Crippen LogP contribution in [0.2, 0.25) is 0 Å². The van der Waals surface area contributed by atoms with Gasteiger partial charge in [-0.25, -0.2) is 0 Å². The molecule has 0 amide bonds. The van der Waals surface area contributed by atoms with Gasteiger partial charge in [0.25, 0.3) is 6.71 Å². The van der Waals surface area contributed by atoms with Crippen LogP contribution in [0.3, 0.4) is 0 Å². The molecular formula is C107H65BN4O. The Hall–Kier alpha value is -14.7. The van der Waals surface area contributed by atoms with Gasteiger partial charge in [-0.1, -0.05) is 309 Å². The lowest BCUT2D eigenvalue weighted by molar-refractivity contribution is 0.436. The van der Waals surface area contributed by atoms with Crippen LogP contribution in [0.15, 0.2) is 394 Å². The van der Waals surface area contributed by atoms with Crippen LogP contribution in [0.4, 0.5) is 34.1 Å². The predicted octanol–water partition coefficient (Wildman–Crippen LogP) is 26.0. The average molecular weight is 1430 g/mol. The van der Waals surface area contributed by atoms with E-state index in [1.807, 2.05) is 0 Å². The highest BCUT2D eigenvalue weighted by atomic mass is 16.5. The van der Waals surface area contributed by atoms with Crippen LogP contribution < -0.4 is 30.9 Å². The van der Waals surface area contributed by atoms with Crippen molar-refractivity contribution in [3.63, 3.8) is 0 Å². The van der Waals surface area contributed by atoms with E-state index in [-0.39, 0.29) is 6.71 Å². The third kappa shape index (κ3) is 8.56. The van der Waals surface area contributed by atoms with Crippen LogP contribution in [0.5, 0.6) is 11.5 Å². The molecule has 2 aromatic heterocycles. The summed E-state index contributed by atoms with van der Waals surface area (Å²) in [7, 11) is 0. The normalized spacial score (nSPS) is 13.4. The first kappa shape index (κ1) is 62.2. The number of hydrogen-bond donors (Lipinski definition) is 0. The van der Waals surface area contributed by atoms with Gasteiger partial charge in [-0.05, 0) is 178 Å². The number of ether oxygens (including phenoxy) is 1. The van der Waals surface area contributed by atoms with Crippen molar-refractivity contribution in [3.8, 4) is 67.4 Å². The van der Waals surface area contributed by atoms with Gasteiger partial charge in [-0.3, -0.25) is 0 Å². The van der Waals surface area contributed by atoms with Gasteiger partial charge >= 0.3 is 0 Å². The second kappa shape index (κ2) is 23.6. The van der Waals surface area contributed by atoms with Crippen molar-refractivity contribution in [1.29, 1.82) is 0 Å². The monoisotopic (exact) mass is 1430 g/mol. The zero-order chi connectivity index (χ0) is 73.7. The summed E-state index contributed by atoms with van der Waals surface area (Å²) in [6, 6.07) is 149. The van der Waals surface area contributed by atoms with Crippen molar-refractivity contribution in [3.05, 3.63) is 417 Å². The number of aromatic nitrogens is 2. The first-order valence-corrected chi connectivity index (χ1v) is 39.2.